The third kappa shape index (κ3) is 4.79. The summed E-state index contributed by atoms with van der Waals surface area (Å²) in [6.07, 6.45) is 2.40. The highest BCUT2D eigenvalue weighted by Crippen LogP contribution is 2.17. The Morgan fingerprint density at radius 2 is 2.32 bits per heavy atom. The first kappa shape index (κ1) is 16.5. The van der Waals surface area contributed by atoms with Crippen LogP contribution in [0.25, 0.3) is 0 Å². The van der Waals surface area contributed by atoms with Crippen LogP contribution in [0.15, 0.2) is 22.7 Å². The number of benzene rings is 1. The topological polar surface area (TPSA) is 41.1 Å². The highest BCUT2D eigenvalue weighted by Gasteiger charge is 2.14. The first-order valence-corrected chi connectivity index (χ1v) is 7.21. The van der Waals surface area contributed by atoms with Gasteiger partial charge in [-0.05, 0) is 56.5 Å². The molecule has 106 valence electrons. The zero-order chi connectivity index (χ0) is 13.0. The summed E-state index contributed by atoms with van der Waals surface area (Å²) >= 11 is 3.45. The SMILES string of the molecule is Cc1ccc(C(=O)NCC2CCCNC2)cc1Br.Cl. The number of nitrogens with one attached hydrogen (secondary N) is 2. The maximum atomic E-state index is 12.0. The fraction of sp³-hybridized carbons (Fsp3) is 0.500. The summed E-state index contributed by atoms with van der Waals surface area (Å²) in [4.78, 5) is 12.0. The minimum Gasteiger partial charge on any atom is -0.352 e. The van der Waals surface area contributed by atoms with E-state index in [4.69, 9.17) is 0 Å². The molecular formula is C14H20BrClN2O. The smallest absolute Gasteiger partial charge is 0.251 e. The number of carbonyl (C=O) groups excluding carboxylic acids is 1. The molecule has 0 saturated carbocycles. The van der Waals surface area contributed by atoms with E-state index in [1.54, 1.807) is 0 Å². The summed E-state index contributed by atoms with van der Waals surface area (Å²) in [5.74, 6) is 0.581. The van der Waals surface area contributed by atoms with Crippen molar-refractivity contribution in [3.8, 4) is 0 Å². The average Bonchev–Trinajstić information content (AvgIpc) is 2.40. The van der Waals surface area contributed by atoms with E-state index in [2.05, 4.69) is 26.6 Å². The number of aryl methyl sites for hydroxylation is 1. The maximum absolute atomic E-state index is 12.0. The van der Waals surface area contributed by atoms with Gasteiger partial charge in [0, 0.05) is 16.6 Å². The van der Waals surface area contributed by atoms with Gasteiger partial charge in [0.2, 0.25) is 0 Å². The summed E-state index contributed by atoms with van der Waals surface area (Å²) in [5.41, 5.74) is 1.86. The van der Waals surface area contributed by atoms with Gasteiger partial charge in [-0.3, -0.25) is 4.79 Å². The van der Waals surface area contributed by atoms with Gasteiger partial charge < -0.3 is 10.6 Å². The molecule has 1 aromatic rings. The lowest BCUT2D eigenvalue weighted by molar-refractivity contribution is 0.0945. The Hall–Kier alpha value is -0.580. The molecule has 1 aliphatic heterocycles. The average molecular weight is 348 g/mol. The minimum atomic E-state index is 0. The van der Waals surface area contributed by atoms with Gasteiger partial charge in [0.1, 0.15) is 0 Å². The summed E-state index contributed by atoms with van der Waals surface area (Å²) in [6, 6.07) is 5.71. The number of hydrogen-bond acceptors (Lipinski definition) is 2. The number of carbonyl (C=O) groups is 1. The van der Waals surface area contributed by atoms with Crippen molar-refractivity contribution in [2.24, 2.45) is 5.92 Å². The van der Waals surface area contributed by atoms with Gasteiger partial charge in [-0.25, -0.2) is 0 Å². The normalized spacial score (nSPS) is 18.5. The van der Waals surface area contributed by atoms with Crippen LogP contribution in [0.5, 0.6) is 0 Å². The van der Waals surface area contributed by atoms with Crippen LogP contribution < -0.4 is 10.6 Å². The van der Waals surface area contributed by atoms with Crippen molar-refractivity contribution in [2.75, 3.05) is 19.6 Å². The van der Waals surface area contributed by atoms with Crippen LogP contribution in [-0.4, -0.2) is 25.5 Å². The summed E-state index contributed by atoms with van der Waals surface area (Å²) in [7, 11) is 0. The first-order valence-electron chi connectivity index (χ1n) is 6.42. The fourth-order valence-electron chi connectivity index (χ4n) is 2.17. The molecule has 1 atom stereocenters. The highest BCUT2D eigenvalue weighted by molar-refractivity contribution is 9.10. The quantitative estimate of drug-likeness (QED) is 0.883. The van der Waals surface area contributed by atoms with Gasteiger partial charge in [0.25, 0.3) is 5.91 Å². The van der Waals surface area contributed by atoms with E-state index in [-0.39, 0.29) is 18.3 Å². The van der Waals surface area contributed by atoms with Crippen LogP contribution in [0.3, 0.4) is 0 Å². The van der Waals surface area contributed by atoms with Gasteiger partial charge in [0.15, 0.2) is 0 Å². The maximum Gasteiger partial charge on any atom is 0.251 e. The van der Waals surface area contributed by atoms with Crippen molar-refractivity contribution in [3.05, 3.63) is 33.8 Å². The second-order valence-electron chi connectivity index (χ2n) is 4.89. The van der Waals surface area contributed by atoms with Crippen LogP contribution in [-0.2, 0) is 0 Å². The molecule has 0 radical (unpaired) electrons. The Kier molecular flexibility index (Phi) is 6.83. The largest absolute Gasteiger partial charge is 0.352 e. The van der Waals surface area contributed by atoms with E-state index < -0.39 is 0 Å². The predicted molar refractivity (Wildman–Crippen MR) is 84.1 cm³/mol. The summed E-state index contributed by atoms with van der Waals surface area (Å²) < 4.78 is 0.981. The molecule has 0 bridgehead atoms. The van der Waals surface area contributed by atoms with Crippen LogP contribution in [0.2, 0.25) is 0 Å². The van der Waals surface area contributed by atoms with Gasteiger partial charge in [-0.2, -0.15) is 0 Å². The Morgan fingerprint density at radius 1 is 1.53 bits per heavy atom. The number of amides is 1. The van der Waals surface area contributed by atoms with Crippen molar-refractivity contribution in [2.45, 2.75) is 19.8 Å². The van der Waals surface area contributed by atoms with Gasteiger partial charge >= 0.3 is 0 Å². The number of rotatable bonds is 3. The van der Waals surface area contributed by atoms with Crippen molar-refractivity contribution >= 4 is 34.2 Å². The van der Waals surface area contributed by atoms with E-state index in [9.17, 15) is 4.79 Å². The molecule has 1 unspecified atom stereocenters. The second kappa shape index (κ2) is 7.88. The van der Waals surface area contributed by atoms with E-state index in [0.717, 1.165) is 35.2 Å². The molecule has 1 saturated heterocycles. The predicted octanol–water partition coefficient (Wildman–Crippen LogP) is 2.91. The molecular weight excluding hydrogens is 328 g/mol. The van der Waals surface area contributed by atoms with Crippen molar-refractivity contribution in [3.63, 3.8) is 0 Å². The third-order valence-corrected chi connectivity index (χ3v) is 4.24. The Morgan fingerprint density at radius 3 is 2.95 bits per heavy atom. The van der Waals surface area contributed by atoms with Crippen molar-refractivity contribution in [1.82, 2.24) is 10.6 Å². The molecule has 1 amide bonds. The minimum absolute atomic E-state index is 0. The van der Waals surface area contributed by atoms with Gasteiger partial charge in [0.05, 0.1) is 0 Å². The van der Waals surface area contributed by atoms with Gasteiger partial charge in [-0.15, -0.1) is 12.4 Å². The van der Waals surface area contributed by atoms with Crippen LogP contribution >= 0.6 is 28.3 Å². The number of piperidine rings is 1. The van der Waals surface area contributed by atoms with Crippen LogP contribution in [0.1, 0.15) is 28.8 Å². The zero-order valence-corrected chi connectivity index (χ0v) is 13.4. The molecule has 0 aliphatic carbocycles. The molecule has 2 N–H and O–H groups in total. The molecule has 2 rings (SSSR count). The zero-order valence-electron chi connectivity index (χ0n) is 11.0. The molecule has 0 aromatic heterocycles. The van der Waals surface area contributed by atoms with E-state index in [0.29, 0.717) is 5.92 Å². The number of hydrogen-bond donors (Lipinski definition) is 2. The van der Waals surface area contributed by atoms with Crippen LogP contribution in [0.4, 0.5) is 0 Å². The van der Waals surface area contributed by atoms with Crippen molar-refractivity contribution < 1.29 is 4.79 Å². The molecule has 3 nitrogen and oxygen atoms in total. The second-order valence-corrected chi connectivity index (χ2v) is 5.74. The van der Waals surface area contributed by atoms with Crippen LogP contribution in [0, 0.1) is 12.8 Å². The lowest BCUT2D eigenvalue weighted by Gasteiger charge is -2.22. The molecule has 19 heavy (non-hydrogen) atoms. The third-order valence-electron chi connectivity index (χ3n) is 3.38. The fourth-order valence-corrected chi connectivity index (χ4v) is 2.55. The lowest BCUT2D eigenvalue weighted by Crippen LogP contribution is -2.38. The molecule has 5 heteroatoms. The number of halogens is 2. The molecule has 1 aromatic carbocycles. The summed E-state index contributed by atoms with van der Waals surface area (Å²) in [5, 5.41) is 6.37. The van der Waals surface area contributed by atoms with Gasteiger partial charge in [-0.1, -0.05) is 22.0 Å². The van der Waals surface area contributed by atoms with E-state index in [1.165, 1.54) is 12.8 Å². The highest BCUT2D eigenvalue weighted by atomic mass is 79.9. The van der Waals surface area contributed by atoms with Crippen molar-refractivity contribution in [1.29, 1.82) is 0 Å². The Labute approximate surface area is 129 Å². The monoisotopic (exact) mass is 346 g/mol. The molecule has 0 spiro atoms. The Balaban J connectivity index is 0.00000180. The lowest BCUT2D eigenvalue weighted by atomic mass is 9.99. The summed E-state index contributed by atoms with van der Waals surface area (Å²) in [6.45, 7) is 4.89. The van der Waals surface area contributed by atoms with E-state index >= 15 is 0 Å². The standard InChI is InChI=1S/C14H19BrN2O.ClH/c1-10-4-5-12(7-13(10)15)14(18)17-9-11-3-2-6-16-8-11;/h4-5,7,11,16H,2-3,6,8-9H2,1H3,(H,17,18);1H. The first-order chi connectivity index (χ1) is 8.66. The molecule has 1 heterocycles. The molecule has 1 aliphatic rings. The Bertz CT molecular complexity index is 433. The molecule has 1 fully saturated rings. The van der Waals surface area contributed by atoms with E-state index in [1.807, 2.05) is 25.1 Å².